The second-order valence-corrected chi connectivity index (χ2v) is 7.52. The molecule has 6 nitrogen and oxygen atoms in total. The van der Waals surface area contributed by atoms with E-state index in [1.165, 1.54) is 6.21 Å². The normalized spacial score (nSPS) is 11.5. The van der Waals surface area contributed by atoms with Crippen LogP contribution in [0.2, 0.25) is 0 Å². The number of rotatable bonds is 8. The van der Waals surface area contributed by atoms with Gasteiger partial charge in [-0.25, -0.2) is 4.83 Å². The van der Waals surface area contributed by atoms with Crippen LogP contribution >= 0.6 is 0 Å². The van der Waals surface area contributed by atoms with E-state index >= 15 is 0 Å². The van der Waals surface area contributed by atoms with Gasteiger partial charge in [0.2, 0.25) is 0 Å². The van der Waals surface area contributed by atoms with Gasteiger partial charge in [-0.05, 0) is 67.3 Å². The maximum Gasteiger partial charge on any atom is 0.276 e. The van der Waals surface area contributed by atoms with Crippen molar-refractivity contribution in [2.45, 2.75) is 32.1 Å². The van der Waals surface area contributed by atoms with Gasteiger partial charge in [-0.2, -0.15) is 13.5 Å². The van der Waals surface area contributed by atoms with Gasteiger partial charge in [0, 0.05) is 0 Å². The molecule has 2 rings (SSSR count). The van der Waals surface area contributed by atoms with Crippen LogP contribution in [0.1, 0.15) is 30.0 Å². The standard InChI is InChI=1S/C19H24N2O4S/c1-5-10-25-19-12-16(7-9-18(19)24-4)13-20-21-26(22,23)17-8-6-14(2)15(3)11-17/h6-9,11-13,21H,5,10H2,1-4H3/b20-13+. The van der Waals surface area contributed by atoms with Crippen LogP contribution in [-0.4, -0.2) is 28.3 Å². The van der Waals surface area contributed by atoms with Gasteiger partial charge in [-0.1, -0.05) is 13.0 Å². The molecule has 0 aliphatic rings. The lowest BCUT2D eigenvalue weighted by atomic mass is 10.1. The molecule has 0 fully saturated rings. The quantitative estimate of drug-likeness (QED) is 0.566. The predicted molar refractivity (Wildman–Crippen MR) is 103 cm³/mol. The number of hydrogen-bond donors (Lipinski definition) is 1. The van der Waals surface area contributed by atoms with Crippen molar-refractivity contribution in [1.82, 2.24) is 4.83 Å². The third-order valence-electron chi connectivity index (χ3n) is 3.82. The molecule has 0 saturated heterocycles. The predicted octanol–water partition coefficient (Wildman–Crippen LogP) is 3.41. The summed E-state index contributed by atoms with van der Waals surface area (Å²) in [7, 11) is -2.14. The van der Waals surface area contributed by atoms with Crippen LogP contribution in [0.15, 0.2) is 46.4 Å². The molecular weight excluding hydrogens is 352 g/mol. The summed E-state index contributed by atoms with van der Waals surface area (Å²) in [6, 6.07) is 10.2. The molecule has 0 aliphatic heterocycles. The Hall–Kier alpha value is -2.54. The van der Waals surface area contributed by atoms with Gasteiger partial charge in [-0.15, -0.1) is 0 Å². The molecule has 0 unspecified atom stereocenters. The molecule has 0 saturated carbocycles. The van der Waals surface area contributed by atoms with E-state index in [9.17, 15) is 8.42 Å². The van der Waals surface area contributed by atoms with Crippen molar-refractivity contribution in [2.75, 3.05) is 13.7 Å². The first-order valence-corrected chi connectivity index (χ1v) is 9.78. The first-order valence-electron chi connectivity index (χ1n) is 8.30. The maximum atomic E-state index is 12.3. The van der Waals surface area contributed by atoms with Gasteiger partial charge in [0.25, 0.3) is 10.0 Å². The number of ether oxygens (including phenoxy) is 2. The second-order valence-electron chi connectivity index (χ2n) is 5.86. The van der Waals surface area contributed by atoms with Gasteiger partial charge < -0.3 is 9.47 Å². The van der Waals surface area contributed by atoms with Crippen LogP contribution in [0, 0.1) is 13.8 Å². The molecule has 2 aromatic carbocycles. The minimum absolute atomic E-state index is 0.180. The van der Waals surface area contributed by atoms with E-state index in [0.29, 0.717) is 23.7 Å². The molecule has 0 atom stereocenters. The monoisotopic (exact) mass is 376 g/mol. The van der Waals surface area contributed by atoms with Crippen LogP contribution in [0.5, 0.6) is 11.5 Å². The Morgan fingerprint density at radius 2 is 1.85 bits per heavy atom. The van der Waals surface area contributed by atoms with E-state index in [1.54, 1.807) is 43.5 Å². The Morgan fingerprint density at radius 3 is 2.50 bits per heavy atom. The molecule has 0 amide bonds. The lowest BCUT2D eigenvalue weighted by Crippen LogP contribution is -2.18. The van der Waals surface area contributed by atoms with E-state index in [-0.39, 0.29) is 4.90 Å². The van der Waals surface area contributed by atoms with E-state index in [4.69, 9.17) is 9.47 Å². The van der Waals surface area contributed by atoms with Crippen molar-refractivity contribution in [2.24, 2.45) is 5.10 Å². The molecule has 7 heteroatoms. The van der Waals surface area contributed by atoms with Crippen LogP contribution in [0.25, 0.3) is 0 Å². The van der Waals surface area contributed by atoms with Gasteiger partial charge >= 0.3 is 0 Å². The van der Waals surface area contributed by atoms with Crippen molar-refractivity contribution in [1.29, 1.82) is 0 Å². The first kappa shape index (κ1) is 19.8. The number of benzene rings is 2. The summed E-state index contributed by atoms with van der Waals surface area (Å²) in [6.07, 6.45) is 2.30. The zero-order chi connectivity index (χ0) is 19.2. The Balaban J connectivity index is 2.15. The molecule has 0 bridgehead atoms. The molecule has 0 aliphatic carbocycles. The number of nitrogens with one attached hydrogen (secondary N) is 1. The van der Waals surface area contributed by atoms with Gasteiger partial charge in [0.05, 0.1) is 24.8 Å². The van der Waals surface area contributed by atoms with E-state index in [1.807, 2.05) is 20.8 Å². The van der Waals surface area contributed by atoms with Crippen LogP contribution in [-0.2, 0) is 10.0 Å². The van der Waals surface area contributed by atoms with Crippen molar-refractivity contribution >= 4 is 16.2 Å². The SMILES string of the molecule is CCCOc1cc(/C=N/NS(=O)(=O)c2ccc(C)c(C)c2)ccc1OC. The number of sulfonamides is 1. The van der Waals surface area contributed by atoms with E-state index < -0.39 is 10.0 Å². The highest BCUT2D eigenvalue weighted by atomic mass is 32.2. The number of hydrogen-bond acceptors (Lipinski definition) is 5. The van der Waals surface area contributed by atoms with E-state index in [0.717, 1.165) is 17.5 Å². The second kappa shape index (κ2) is 8.71. The fraction of sp³-hybridized carbons (Fsp3) is 0.316. The van der Waals surface area contributed by atoms with Gasteiger partial charge in [0.15, 0.2) is 11.5 Å². The third-order valence-corrected chi connectivity index (χ3v) is 5.04. The fourth-order valence-electron chi connectivity index (χ4n) is 2.20. The highest BCUT2D eigenvalue weighted by molar-refractivity contribution is 7.89. The Morgan fingerprint density at radius 1 is 1.08 bits per heavy atom. The summed E-state index contributed by atoms with van der Waals surface area (Å²) in [4.78, 5) is 2.41. The lowest BCUT2D eigenvalue weighted by Gasteiger charge is -2.10. The minimum atomic E-state index is -3.71. The number of aryl methyl sites for hydroxylation is 2. The smallest absolute Gasteiger partial charge is 0.276 e. The van der Waals surface area contributed by atoms with E-state index in [2.05, 4.69) is 9.93 Å². The number of nitrogens with zero attached hydrogens (tertiary/aromatic N) is 1. The molecular formula is C19H24N2O4S. The average molecular weight is 376 g/mol. The largest absolute Gasteiger partial charge is 0.493 e. The summed E-state index contributed by atoms with van der Waals surface area (Å²) in [6.45, 7) is 6.38. The van der Waals surface area contributed by atoms with Gasteiger partial charge in [0.1, 0.15) is 0 Å². The first-order chi connectivity index (χ1) is 12.4. The van der Waals surface area contributed by atoms with Crippen LogP contribution < -0.4 is 14.3 Å². The molecule has 0 radical (unpaired) electrons. The average Bonchev–Trinajstić information content (AvgIpc) is 2.62. The topological polar surface area (TPSA) is 77.0 Å². The zero-order valence-electron chi connectivity index (χ0n) is 15.4. The summed E-state index contributed by atoms with van der Waals surface area (Å²) < 4.78 is 35.5. The van der Waals surface area contributed by atoms with Crippen molar-refractivity contribution in [3.05, 3.63) is 53.1 Å². The van der Waals surface area contributed by atoms with Crippen molar-refractivity contribution in [3.8, 4) is 11.5 Å². The Kier molecular flexibility index (Phi) is 6.63. The molecule has 0 spiro atoms. The molecule has 0 heterocycles. The summed E-state index contributed by atoms with van der Waals surface area (Å²) >= 11 is 0. The molecule has 0 aromatic heterocycles. The van der Waals surface area contributed by atoms with Crippen LogP contribution in [0.3, 0.4) is 0 Å². The Bertz CT molecular complexity index is 892. The lowest BCUT2D eigenvalue weighted by molar-refractivity contribution is 0.294. The van der Waals surface area contributed by atoms with Gasteiger partial charge in [-0.3, -0.25) is 0 Å². The fourth-order valence-corrected chi connectivity index (χ4v) is 3.08. The number of methoxy groups -OCH3 is 1. The molecule has 140 valence electrons. The zero-order valence-corrected chi connectivity index (χ0v) is 16.3. The molecule has 2 aromatic rings. The molecule has 26 heavy (non-hydrogen) atoms. The number of hydrazone groups is 1. The van der Waals surface area contributed by atoms with Crippen molar-refractivity contribution in [3.63, 3.8) is 0 Å². The highest BCUT2D eigenvalue weighted by Crippen LogP contribution is 2.27. The summed E-state index contributed by atoms with van der Waals surface area (Å²) in [5.74, 6) is 1.21. The summed E-state index contributed by atoms with van der Waals surface area (Å²) in [5.41, 5.74) is 2.63. The highest BCUT2D eigenvalue weighted by Gasteiger charge is 2.13. The van der Waals surface area contributed by atoms with Crippen LogP contribution in [0.4, 0.5) is 0 Å². The maximum absolute atomic E-state index is 12.3. The third kappa shape index (κ3) is 4.98. The minimum Gasteiger partial charge on any atom is -0.493 e. The molecule has 1 N–H and O–H groups in total. The van der Waals surface area contributed by atoms with Crippen molar-refractivity contribution < 1.29 is 17.9 Å². The summed E-state index contributed by atoms with van der Waals surface area (Å²) in [5, 5.41) is 3.86. The Labute approximate surface area is 154 Å².